The maximum Gasteiger partial charge on any atom is 0.00393 e. The van der Waals surface area contributed by atoms with Crippen LogP contribution in [0, 0.1) is 41.4 Å². The van der Waals surface area contributed by atoms with Crippen LogP contribution >= 0.6 is 151 Å². The predicted molar refractivity (Wildman–Crippen MR) is 692 cm³/mol. The fraction of sp³-hybridized carbons (Fsp3) is 0.951. The SMILES string of the molecule is CCCCC/C=C/C=C/CCCCCSSCCC(C)C.CCCCCC/C=C/CCCCCCSSCCC(C)C.CCCCCCCCCCCCCCCCSSCCC(C)C.CCCCCCCCCCCCCCSSCCC(C)C.CCCCCCCCCCCCSSCCC(C)C.CCCCCCCCCCSSCCC(C)C.CCCCCCCCSSCCC(C)C. The molecule has 0 spiro atoms. The van der Waals surface area contributed by atoms with Crippen LogP contribution in [-0.2, 0) is 0 Å². The van der Waals surface area contributed by atoms with Gasteiger partial charge in [-0.25, -0.2) is 0 Å². The van der Waals surface area contributed by atoms with Gasteiger partial charge in [0.1, 0.15) is 0 Å². The van der Waals surface area contributed by atoms with Gasteiger partial charge in [0.2, 0.25) is 0 Å². The molecule has 137 heavy (non-hydrogen) atoms. The summed E-state index contributed by atoms with van der Waals surface area (Å²) in [6.45, 7) is 48.3. The maximum absolute atomic E-state index is 2.41. The molecule has 0 aromatic rings. The average molecular weight is 2180 g/mol. The standard InChI is InChI=1S/C21H44S2.C19H40S2.C19H38S2.C19H36S2.C17H36S2.C15H32S2.C13H28S2/c1-4-5-6-7-8-9-10-11-12-13-14-15-16-17-19-22-23-20-18-21(2)3;3*1-4-5-6-7-8-9-10-11-12-13-14-15-17-20-21-18-16-19(2)3;1-4-5-6-7-8-9-10-11-12-13-15-18-19-16-14-17(2)3;1-4-5-6-7-8-9-10-11-13-16-17-14-12-15(2)3;1-4-5-6-7-8-9-11-14-15-12-10-13(2)3/h21H,4-20H2,1-3H3;19H,4-18H2,1-3H3;9-10,19H,4-8,11-18H2,1-3H3;8-11,19H,4-7,12-18H2,1-3H3;17H,4-16H2,1-3H3;15H,4-14H2,1-3H3;13H,4-12H2,1-3H3/b;;10-9+;9-8+,11-10+;;;. The fourth-order valence-corrected chi connectivity index (χ4v) is 31.5. The molecule has 0 fully saturated rings. The first kappa shape index (κ1) is 154. The van der Waals surface area contributed by atoms with E-state index in [-0.39, 0.29) is 0 Å². The lowest BCUT2D eigenvalue weighted by Crippen LogP contribution is -1.88. The van der Waals surface area contributed by atoms with E-state index < -0.39 is 0 Å². The van der Waals surface area contributed by atoms with Crippen molar-refractivity contribution in [1.29, 1.82) is 0 Å². The molecule has 0 aromatic carbocycles. The Morgan fingerprint density at radius 1 is 0.117 bits per heavy atom. The van der Waals surface area contributed by atoms with Gasteiger partial charge in [0.25, 0.3) is 0 Å². The summed E-state index contributed by atoms with van der Waals surface area (Å²) in [5.74, 6) is 24.8. The second-order valence-electron chi connectivity index (χ2n) is 42.4. The van der Waals surface area contributed by atoms with Crippen molar-refractivity contribution in [3.63, 3.8) is 0 Å². The topological polar surface area (TPSA) is 0 Å². The van der Waals surface area contributed by atoms with Gasteiger partial charge in [-0.15, -0.1) is 0 Å². The Balaban J connectivity index is -0.000000289. The lowest BCUT2D eigenvalue weighted by Gasteiger charge is -2.04. The predicted octanol–water partition coefficient (Wildman–Crippen LogP) is 52.2. The van der Waals surface area contributed by atoms with Crippen LogP contribution in [0.4, 0.5) is 0 Å². The van der Waals surface area contributed by atoms with E-state index in [2.05, 4.69) is 333 Å². The Labute approximate surface area is 927 Å². The highest BCUT2D eigenvalue weighted by Crippen LogP contribution is 2.32. The monoisotopic (exact) mass is 2180 g/mol. The highest BCUT2D eigenvalue weighted by molar-refractivity contribution is 8.78. The summed E-state index contributed by atoms with van der Waals surface area (Å²) in [6.07, 6.45) is 120. The lowest BCUT2D eigenvalue weighted by molar-refractivity contribution is 0.538. The van der Waals surface area contributed by atoms with Crippen molar-refractivity contribution < 1.29 is 0 Å². The second kappa shape index (κ2) is 151. The molecule has 14 heteroatoms. The number of allylic oxidation sites excluding steroid dienone is 6. The van der Waals surface area contributed by atoms with Crippen LogP contribution in [0.1, 0.15) is 627 Å². The molecule has 0 N–H and O–H groups in total. The number of unbranched alkanes of at least 4 members (excludes halogenated alkanes) is 59. The Bertz CT molecular complexity index is 2020. The summed E-state index contributed by atoms with van der Waals surface area (Å²) < 4.78 is 0. The van der Waals surface area contributed by atoms with E-state index in [4.69, 9.17) is 0 Å². The molecule has 0 unspecified atom stereocenters. The quantitative estimate of drug-likeness (QED) is 0.0246. The largest absolute Gasteiger partial charge is 0.0942 e. The Kier molecular flexibility index (Phi) is 170. The average Bonchev–Trinajstić information content (AvgIpc) is 1.11. The zero-order valence-corrected chi connectivity index (χ0v) is 109. The van der Waals surface area contributed by atoms with E-state index in [0.717, 1.165) is 41.4 Å². The van der Waals surface area contributed by atoms with Crippen molar-refractivity contribution in [3.05, 3.63) is 36.5 Å². The van der Waals surface area contributed by atoms with Crippen molar-refractivity contribution in [2.75, 3.05) is 80.5 Å². The molecule has 0 bridgehead atoms. The van der Waals surface area contributed by atoms with Crippen LogP contribution in [0.2, 0.25) is 0 Å². The van der Waals surface area contributed by atoms with Gasteiger partial charge in [-0.2, -0.15) is 0 Å². The third-order valence-corrected chi connectivity index (χ3v) is 41.8. The third-order valence-electron chi connectivity index (χ3n) is 24.1. The van der Waals surface area contributed by atoms with Crippen LogP contribution in [0.25, 0.3) is 0 Å². The molecule has 0 amide bonds. The molecule has 0 aliphatic heterocycles. The normalized spacial score (nSPS) is 11.6. The van der Waals surface area contributed by atoms with Crippen LogP contribution in [0.3, 0.4) is 0 Å². The van der Waals surface area contributed by atoms with Crippen LogP contribution < -0.4 is 0 Å². The van der Waals surface area contributed by atoms with E-state index in [1.165, 1.54) is 562 Å². The molecule has 0 saturated heterocycles. The van der Waals surface area contributed by atoms with Crippen molar-refractivity contribution in [2.24, 2.45) is 41.4 Å². The van der Waals surface area contributed by atoms with Crippen molar-refractivity contribution in [1.82, 2.24) is 0 Å². The third kappa shape index (κ3) is 185. The minimum absolute atomic E-state index is 0.852. The van der Waals surface area contributed by atoms with E-state index in [9.17, 15) is 0 Å². The molecule has 0 rings (SSSR count). The Morgan fingerprint density at radius 2 is 0.219 bits per heavy atom. The van der Waals surface area contributed by atoms with E-state index >= 15 is 0 Å². The summed E-state index contributed by atoms with van der Waals surface area (Å²) in [5.41, 5.74) is 0. The highest BCUT2D eigenvalue weighted by Gasteiger charge is 2.06. The summed E-state index contributed by atoms with van der Waals surface area (Å²) >= 11 is 0. The number of hydrogen-bond donors (Lipinski definition) is 0. The van der Waals surface area contributed by atoms with Crippen LogP contribution in [0.15, 0.2) is 36.5 Å². The Hall–Kier alpha value is 4.12. The van der Waals surface area contributed by atoms with E-state index in [0.29, 0.717) is 0 Å². The van der Waals surface area contributed by atoms with Gasteiger partial charge in [0.15, 0.2) is 0 Å². The van der Waals surface area contributed by atoms with Crippen molar-refractivity contribution >= 4 is 151 Å². The van der Waals surface area contributed by atoms with E-state index in [1.54, 1.807) is 0 Å². The zero-order valence-electron chi connectivity index (χ0n) is 97.2. The maximum atomic E-state index is 2.41. The smallest absolute Gasteiger partial charge is 0.00393 e. The molecular weight excluding hydrogens is 1930 g/mol. The summed E-state index contributed by atoms with van der Waals surface area (Å²) in [5, 5.41) is 0. The van der Waals surface area contributed by atoms with Crippen LogP contribution in [0.5, 0.6) is 0 Å². The van der Waals surface area contributed by atoms with Crippen LogP contribution in [-0.4, -0.2) is 80.5 Å². The molecule has 0 heterocycles. The second-order valence-corrected chi connectivity index (χ2v) is 61.3. The van der Waals surface area contributed by atoms with Gasteiger partial charge in [0, 0.05) is 80.5 Å². The first-order chi connectivity index (χ1) is 66.9. The van der Waals surface area contributed by atoms with E-state index in [1.807, 2.05) is 0 Å². The summed E-state index contributed by atoms with van der Waals surface area (Å²) in [6, 6.07) is 0. The molecule has 0 aliphatic carbocycles. The number of rotatable bonds is 106. The molecule has 0 saturated carbocycles. The van der Waals surface area contributed by atoms with Gasteiger partial charge in [-0.3, -0.25) is 0 Å². The molecule has 0 atom stereocenters. The van der Waals surface area contributed by atoms with Gasteiger partial charge in [-0.1, -0.05) is 673 Å². The molecule has 0 aromatic heterocycles. The molecule has 0 radical (unpaired) electrons. The van der Waals surface area contributed by atoms with Gasteiger partial charge in [0.05, 0.1) is 0 Å². The van der Waals surface area contributed by atoms with Gasteiger partial charge < -0.3 is 0 Å². The highest BCUT2D eigenvalue weighted by atomic mass is 33.1. The van der Waals surface area contributed by atoms with Crippen molar-refractivity contribution in [3.8, 4) is 0 Å². The zero-order chi connectivity index (χ0) is 102. The molecular formula is C123H254S14. The molecule has 0 aliphatic rings. The molecule has 0 nitrogen and oxygen atoms in total. The summed E-state index contributed by atoms with van der Waals surface area (Å²) in [7, 11) is 29.1. The summed E-state index contributed by atoms with van der Waals surface area (Å²) in [4.78, 5) is 0. The van der Waals surface area contributed by atoms with Gasteiger partial charge >= 0.3 is 0 Å². The Morgan fingerprint density at radius 3 is 0.372 bits per heavy atom. The number of hydrogen-bond acceptors (Lipinski definition) is 14. The first-order valence-electron chi connectivity index (χ1n) is 60.6. The minimum Gasteiger partial charge on any atom is -0.0942 e. The lowest BCUT2D eigenvalue weighted by atomic mass is 10.0. The van der Waals surface area contributed by atoms with Crippen molar-refractivity contribution in [2.45, 2.75) is 627 Å². The minimum atomic E-state index is 0.852. The fourth-order valence-electron chi connectivity index (χ4n) is 14.2. The first-order valence-corrected chi connectivity index (χ1v) is 78.0. The van der Waals surface area contributed by atoms with Gasteiger partial charge in [-0.05, 0) is 183 Å². The molecule has 830 valence electrons.